The average Bonchev–Trinajstić information content (AvgIpc) is 3.45. The summed E-state index contributed by atoms with van der Waals surface area (Å²) in [6.07, 6.45) is 2.57. The second kappa shape index (κ2) is 7.30. The molecule has 1 saturated heterocycles. The van der Waals surface area contributed by atoms with Crippen LogP contribution in [0.4, 0.5) is 15.9 Å². The highest BCUT2D eigenvalue weighted by Crippen LogP contribution is 2.58. The van der Waals surface area contributed by atoms with Gasteiger partial charge in [0.25, 0.3) is 0 Å². The number of hydrogen-bond acceptors (Lipinski definition) is 6. The van der Waals surface area contributed by atoms with Crippen LogP contribution >= 0.6 is 0 Å². The van der Waals surface area contributed by atoms with Crippen LogP contribution in [0.15, 0.2) is 39.8 Å². The number of rotatable bonds is 5. The Morgan fingerprint density at radius 3 is 2.79 bits per heavy atom. The quantitative estimate of drug-likeness (QED) is 0.593. The molecule has 0 amide bonds. The van der Waals surface area contributed by atoms with Crippen LogP contribution in [0.25, 0.3) is 11.3 Å². The number of halogens is 1. The Hall–Kier alpha value is -2.91. The summed E-state index contributed by atoms with van der Waals surface area (Å²) in [6, 6.07) is 9.55. The van der Waals surface area contributed by atoms with E-state index in [9.17, 15) is 13.7 Å². The average molecular weight is 470 g/mol. The number of aliphatic hydroxyl groups excluding tert-OH is 1. The van der Waals surface area contributed by atoms with E-state index >= 15 is 0 Å². The highest BCUT2D eigenvalue weighted by atomic mass is 32.2. The standard InChI is InChI=1S/C24H24FN3O4S/c1-13-3-6-19(31-2)22(20(13)25)33(30)27-23-17-10-24(7-8-24)18-5-4-14(28-11-15(29)12-28)9-16(18)21(17)32-26-23/h3-6,9,15,29H,7-8,10-12H2,1-2H3,(H,26,27). The zero-order valence-corrected chi connectivity index (χ0v) is 19.2. The van der Waals surface area contributed by atoms with Gasteiger partial charge < -0.3 is 19.3 Å². The van der Waals surface area contributed by atoms with Gasteiger partial charge in [-0.3, -0.25) is 4.72 Å². The van der Waals surface area contributed by atoms with Crippen molar-refractivity contribution in [2.45, 2.75) is 42.6 Å². The van der Waals surface area contributed by atoms with Crippen molar-refractivity contribution in [2.24, 2.45) is 0 Å². The van der Waals surface area contributed by atoms with Crippen molar-refractivity contribution in [3.63, 3.8) is 0 Å². The van der Waals surface area contributed by atoms with Crippen molar-refractivity contribution >= 4 is 22.5 Å². The van der Waals surface area contributed by atoms with E-state index in [1.165, 1.54) is 12.7 Å². The van der Waals surface area contributed by atoms with Gasteiger partial charge in [0.2, 0.25) is 0 Å². The van der Waals surface area contributed by atoms with E-state index in [1.807, 2.05) is 0 Å². The van der Waals surface area contributed by atoms with Gasteiger partial charge in [-0.25, -0.2) is 8.60 Å². The Labute approximate surface area is 193 Å². The largest absolute Gasteiger partial charge is 0.495 e. The van der Waals surface area contributed by atoms with E-state index in [-0.39, 0.29) is 22.2 Å². The molecule has 9 heteroatoms. The number of aromatic nitrogens is 1. The maximum absolute atomic E-state index is 14.8. The summed E-state index contributed by atoms with van der Waals surface area (Å²) in [6.45, 7) is 2.85. The summed E-state index contributed by atoms with van der Waals surface area (Å²) < 4.78 is 41.8. The number of anilines is 2. The third-order valence-electron chi connectivity index (χ3n) is 7.05. The van der Waals surface area contributed by atoms with Gasteiger partial charge in [-0.15, -0.1) is 0 Å². The van der Waals surface area contributed by atoms with Crippen molar-refractivity contribution in [3.8, 4) is 17.1 Å². The minimum Gasteiger partial charge on any atom is -0.495 e. The summed E-state index contributed by atoms with van der Waals surface area (Å²) in [5.74, 6) is 0.671. The number of aliphatic hydroxyl groups is 1. The lowest BCUT2D eigenvalue weighted by Crippen LogP contribution is -2.50. The number of fused-ring (bicyclic) bond motifs is 4. The number of nitrogens with one attached hydrogen (secondary N) is 1. The predicted molar refractivity (Wildman–Crippen MR) is 122 cm³/mol. The summed E-state index contributed by atoms with van der Waals surface area (Å²) in [5, 5.41) is 13.9. The lowest BCUT2D eigenvalue weighted by molar-refractivity contribution is 0.142. The highest BCUT2D eigenvalue weighted by Gasteiger charge is 2.50. The zero-order chi connectivity index (χ0) is 22.9. The van der Waals surface area contributed by atoms with E-state index in [0.717, 1.165) is 36.1 Å². The third-order valence-corrected chi connectivity index (χ3v) is 8.18. The van der Waals surface area contributed by atoms with Gasteiger partial charge >= 0.3 is 0 Å². The summed E-state index contributed by atoms with van der Waals surface area (Å²) in [4.78, 5) is 2.08. The minimum atomic E-state index is -1.92. The van der Waals surface area contributed by atoms with Crippen molar-refractivity contribution in [2.75, 3.05) is 29.8 Å². The second-order valence-corrected chi connectivity index (χ2v) is 10.3. The van der Waals surface area contributed by atoms with Crippen molar-refractivity contribution in [1.82, 2.24) is 5.16 Å². The van der Waals surface area contributed by atoms with Gasteiger partial charge in [0.1, 0.15) is 16.5 Å². The molecule has 1 saturated carbocycles. The Morgan fingerprint density at radius 2 is 2.09 bits per heavy atom. The summed E-state index contributed by atoms with van der Waals surface area (Å²) >= 11 is 0. The number of hydrogen-bond donors (Lipinski definition) is 2. The fourth-order valence-corrected chi connectivity index (χ4v) is 6.05. The van der Waals surface area contributed by atoms with Gasteiger partial charge in [-0.2, -0.15) is 0 Å². The highest BCUT2D eigenvalue weighted by molar-refractivity contribution is 7.86. The van der Waals surface area contributed by atoms with Crippen LogP contribution in [-0.2, 0) is 22.8 Å². The first kappa shape index (κ1) is 20.7. The first-order valence-corrected chi connectivity index (χ1v) is 12.1. The molecule has 3 aromatic rings. The van der Waals surface area contributed by atoms with Gasteiger partial charge in [0, 0.05) is 35.3 Å². The van der Waals surface area contributed by atoms with Crippen molar-refractivity contribution in [3.05, 3.63) is 52.8 Å². The SMILES string of the molecule is COc1ccc(C)c(F)c1S(=O)Nc1noc2c1CC1(CC1)c1ccc(N3CC(O)C3)cc1-2. The number of methoxy groups -OCH3 is 1. The molecule has 1 aromatic heterocycles. The zero-order valence-electron chi connectivity index (χ0n) is 18.4. The van der Waals surface area contributed by atoms with Gasteiger partial charge in [0.15, 0.2) is 22.6 Å². The molecule has 7 nitrogen and oxygen atoms in total. The maximum atomic E-state index is 14.8. The number of benzene rings is 2. The molecule has 2 aliphatic carbocycles. The third kappa shape index (κ3) is 3.17. The Bertz CT molecular complexity index is 1300. The van der Waals surface area contributed by atoms with E-state index in [2.05, 4.69) is 33.0 Å². The lowest BCUT2D eigenvalue weighted by atomic mass is 9.79. The molecule has 2 aromatic carbocycles. The molecule has 0 bridgehead atoms. The Balaban J connectivity index is 1.37. The molecule has 1 unspecified atom stereocenters. The smallest absolute Gasteiger partial charge is 0.185 e. The molecule has 1 spiro atoms. The molecule has 3 aliphatic rings. The molecule has 0 radical (unpaired) electrons. The van der Waals surface area contributed by atoms with Crippen LogP contribution in [0.3, 0.4) is 0 Å². The Kier molecular flexibility index (Phi) is 4.57. The molecule has 1 atom stereocenters. The van der Waals surface area contributed by atoms with E-state index in [4.69, 9.17) is 9.26 Å². The molecule has 172 valence electrons. The second-order valence-electron chi connectivity index (χ2n) is 9.18. The van der Waals surface area contributed by atoms with E-state index in [0.29, 0.717) is 30.2 Å². The lowest BCUT2D eigenvalue weighted by Gasteiger charge is -2.38. The molecule has 2 heterocycles. The maximum Gasteiger partial charge on any atom is 0.185 e. The van der Waals surface area contributed by atoms with Crippen LogP contribution in [0.1, 0.15) is 29.5 Å². The molecule has 2 N–H and O–H groups in total. The number of aryl methyl sites for hydroxylation is 1. The predicted octanol–water partition coefficient (Wildman–Crippen LogP) is 3.70. The van der Waals surface area contributed by atoms with Crippen LogP contribution in [0.5, 0.6) is 5.75 Å². The topological polar surface area (TPSA) is 87.8 Å². The van der Waals surface area contributed by atoms with Gasteiger partial charge in [-0.1, -0.05) is 17.3 Å². The molecular formula is C24H24FN3O4S. The fraction of sp³-hybridized carbons (Fsp3) is 0.375. The van der Waals surface area contributed by atoms with Crippen LogP contribution in [-0.4, -0.2) is 40.8 Å². The van der Waals surface area contributed by atoms with Crippen molar-refractivity contribution in [1.29, 1.82) is 0 Å². The van der Waals surface area contributed by atoms with Crippen LogP contribution < -0.4 is 14.4 Å². The molecule has 6 rings (SSSR count). The summed E-state index contributed by atoms with van der Waals surface area (Å²) in [7, 11) is -0.501. The normalized spacial score (nSPS) is 19.0. The minimum absolute atomic E-state index is 0.0328. The van der Waals surface area contributed by atoms with E-state index < -0.39 is 16.8 Å². The number of nitrogens with zero attached hydrogens (tertiary/aromatic N) is 2. The van der Waals surface area contributed by atoms with Gasteiger partial charge in [-0.05, 0) is 55.5 Å². The number of ether oxygens (including phenoxy) is 1. The molecule has 1 aliphatic heterocycles. The fourth-order valence-electron chi connectivity index (χ4n) is 4.95. The molecule has 33 heavy (non-hydrogen) atoms. The number of β-amino-alcohol motifs (C(OH)–C–C–N with tert-alkyl or cyclic N) is 1. The van der Waals surface area contributed by atoms with Crippen LogP contribution in [0.2, 0.25) is 0 Å². The van der Waals surface area contributed by atoms with E-state index in [1.54, 1.807) is 19.1 Å². The molecule has 2 fully saturated rings. The summed E-state index contributed by atoms with van der Waals surface area (Å²) in [5.41, 5.74) is 4.54. The monoisotopic (exact) mass is 469 g/mol. The first-order chi connectivity index (χ1) is 15.9. The Morgan fingerprint density at radius 1 is 1.30 bits per heavy atom. The molecular weight excluding hydrogens is 445 g/mol. The van der Waals surface area contributed by atoms with Crippen LogP contribution in [0, 0.1) is 12.7 Å². The van der Waals surface area contributed by atoms with Crippen molar-refractivity contribution < 1.29 is 23.0 Å². The van der Waals surface area contributed by atoms with Gasteiger partial charge in [0.05, 0.1) is 13.2 Å². The first-order valence-electron chi connectivity index (χ1n) is 11.0.